The number of ether oxygens (including phenoxy) is 2. The summed E-state index contributed by atoms with van der Waals surface area (Å²) in [4.78, 5) is 14.0. The quantitative estimate of drug-likeness (QED) is 0.861. The van der Waals surface area contributed by atoms with Crippen LogP contribution in [-0.4, -0.2) is 43.2 Å². The number of rotatable bonds is 3. The van der Waals surface area contributed by atoms with Crippen LogP contribution in [0.15, 0.2) is 12.1 Å². The summed E-state index contributed by atoms with van der Waals surface area (Å²) in [6.07, 6.45) is -0.506. The van der Waals surface area contributed by atoms with Crippen molar-refractivity contribution in [2.24, 2.45) is 0 Å². The Labute approximate surface area is 124 Å². The van der Waals surface area contributed by atoms with Crippen LogP contribution >= 0.6 is 11.6 Å². The summed E-state index contributed by atoms with van der Waals surface area (Å²) in [5.74, 6) is 0.678. The maximum absolute atomic E-state index is 12.3. The molecule has 0 unspecified atom stereocenters. The van der Waals surface area contributed by atoms with E-state index in [1.807, 2.05) is 26.0 Å². The average molecular weight is 298 g/mol. The zero-order chi connectivity index (χ0) is 14.7. The summed E-state index contributed by atoms with van der Waals surface area (Å²) < 4.78 is 11.0. The predicted molar refractivity (Wildman–Crippen MR) is 78.4 cm³/mol. The molecular formula is C15H20ClNO3. The van der Waals surface area contributed by atoms with Crippen molar-refractivity contribution in [3.8, 4) is 5.75 Å². The summed E-state index contributed by atoms with van der Waals surface area (Å²) in [5, 5.41) is 0.740. The highest BCUT2D eigenvalue weighted by molar-refractivity contribution is 6.32. The first kappa shape index (κ1) is 15.1. The first-order chi connectivity index (χ1) is 9.49. The van der Waals surface area contributed by atoms with Crippen molar-refractivity contribution in [1.29, 1.82) is 0 Å². The second kappa shape index (κ2) is 6.46. The van der Waals surface area contributed by atoms with Crippen molar-refractivity contribution in [1.82, 2.24) is 4.90 Å². The number of benzene rings is 1. The number of carbonyl (C=O) groups is 1. The molecule has 1 amide bonds. The molecule has 1 aliphatic heterocycles. The first-order valence-electron chi connectivity index (χ1n) is 6.79. The van der Waals surface area contributed by atoms with Crippen LogP contribution in [0.2, 0.25) is 5.02 Å². The molecule has 1 fully saturated rings. The molecule has 20 heavy (non-hydrogen) atoms. The largest absolute Gasteiger partial charge is 0.481 e. The van der Waals surface area contributed by atoms with Gasteiger partial charge in [-0.15, -0.1) is 0 Å². The molecule has 1 aliphatic rings. The van der Waals surface area contributed by atoms with Gasteiger partial charge in [0.15, 0.2) is 6.10 Å². The molecule has 1 aromatic rings. The molecule has 5 heteroatoms. The van der Waals surface area contributed by atoms with Crippen LogP contribution in [0, 0.1) is 13.8 Å². The molecule has 1 aromatic carbocycles. The van der Waals surface area contributed by atoms with Crippen molar-refractivity contribution in [2.75, 3.05) is 26.3 Å². The van der Waals surface area contributed by atoms with E-state index in [0.29, 0.717) is 32.1 Å². The van der Waals surface area contributed by atoms with E-state index in [-0.39, 0.29) is 5.91 Å². The Hall–Kier alpha value is -1.26. The molecule has 0 aliphatic carbocycles. The average Bonchev–Trinajstić information content (AvgIpc) is 2.44. The van der Waals surface area contributed by atoms with Gasteiger partial charge in [-0.1, -0.05) is 11.6 Å². The molecule has 110 valence electrons. The summed E-state index contributed by atoms with van der Waals surface area (Å²) in [7, 11) is 0. The maximum Gasteiger partial charge on any atom is 0.263 e. The molecule has 0 aromatic heterocycles. The molecule has 0 spiro atoms. The summed E-state index contributed by atoms with van der Waals surface area (Å²) >= 11 is 6.13. The third-order valence-corrected chi connectivity index (χ3v) is 3.99. The van der Waals surface area contributed by atoms with E-state index in [1.165, 1.54) is 0 Å². The van der Waals surface area contributed by atoms with E-state index < -0.39 is 6.10 Å². The van der Waals surface area contributed by atoms with E-state index in [9.17, 15) is 4.79 Å². The summed E-state index contributed by atoms with van der Waals surface area (Å²) in [5.41, 5.74) is 1.90. The number of hydrogen-bond donors (Lipinski definition) is 0. The molecule has 0 radical (unpaired) electrons. The zero-order valence-corrected chi connectivity index (χ0v) is 12.9. The number of halogens is 1. The Balaban J connectivity index is 2.03. The SMILES string of the molecule is Cc1cc(O[C@H](C)C(=O)N2CCOCC2)cc(C)c1Cl. The van der Waals surface area contributed by atoms with Crippen LogP contribution in [0.5, 0.6) is 5.75 Å². The van der Waals surface area contributed by atoms with Crippen LogP contribution in [0.3, 0.4) is 0 Å². The van der Waals surface area contributed by atoms with Crippen molar-refractivity contribution in [3.63, 3.8) is 0 Å². The fourth-order valence-corrected chi connectivity index (χ4v) is 2.38. The smallest absolute Gasteiger partial charge is 0.263 e. The molecule has 1 saturated heterocycles. The molecule has 1 atom stereocenters. The Morgan fingerprint density at radius 2 is 1.85 bits per heavy atom. The number of hydrogen-bond acceptors (Lipinski definition) is 3. The van der Waals surface area contributed by atoms with Gasteiger partial charge in [0, 0.05) is 18.1 Å². The minimum Gasteiger partial charge on any atom is -0.481 e. The van der Waals surface area contributed by atoms with Gasteiger partial charge in [0.25, 0.3) is 5.91 Å². The fraction of sp³-hybridized carbons (Fsp3) is 0.533. The summed E-state index contributed by atoms with van der Waals surface area (Å²) in [6.45, 7) is 8.08. The van der Waals surface area contributed by atoms with E-state index in [1.54, 1.807) is 11.8 Å². The Morgan fingerprint density at radius 3 is 2.40 bits per heavy atom. The van der Waals surface area contributed by atoms with Gasteiger partial charge in [0.05, 0.1) is 13.2 Å². The number of nitrogens with zero attached hydrogens (tertiary/aromatic N) is 1. The number of aryl methyl sites for hydroxylation is 2. The lowest BCUT2D eigenvalue weighted by molar-refractivity contribution is -0.142. The van der Waals surface area contributed by atoms with Gasteiger partial charge in [0.1, 0.15) is 5.75 Å². The highest BCUT2D eigenvalue weighted by Gasteiger charge is 2.23. The minimum atomic E-state index is -0.506. The van der Waals surface area contributed by atoms with Crippen molar-refractivity contribution < 1.29 is 14.3 Å². The standard InChI is InChI=1S/C15H20ClNO3/c1-10-8-13(9-11(2)14(10)16)20-12(3)15(18)17-4-6-19-7-5-17/h8-9,12H,4-7H2,1-3H3/t12-/m1/s1. The molecular weight excluding hydrogens is 278 g/mol. The molecule has 0 bridgehead atoms. The normalized spacial score (nSPS) is 16.9. The van der Waals surface area contributed by atoms with Gasteiger partial charge < -0.3 is 14.4 Å². The Kier molecular flexibility index (Phi) is 4.89. The van der Waals surface area contributed by atoms with Crippen LogP contribution in [-0.2, 0) is 9.53 Å². The minimum absolute atomic E-state index is 0.00134. The maximum atomic E-state index is 12.3. The zero-order valence-electron chi connectivity index (χ0n) is 12.1. The van der Waals surface area contributed by atoms with E-state index in [4.69, 9.17) is 21.1 Å². The molecule has 1 heterocycles. The van der Waals surface area contributed by atoms with Gasteiger partial charge in [0.2, 0.25) is 0 Å². The highest BCUT2D eigenvalue weighted by Crippen LogP contribution is 2.26. The van der Waals surface area contributed by atoms with Crippen molar-refractivity contribution >= 4 is 17.5 Å². The molecule has 0 N–H and O–H groups in total. The van der Waals surface area contributed by atoms with E-state index >= 15 is 0 Å². The van der Waals surface area contributed by atoms with E-state index in [0.717, 1.165) is 16.1 Å². The van der Waals surface area contributed by atoms with Crippen LogP contribution < -0.4 is 4.74 Å². The fourth-order valence-electron chi connectivity index (χ4n) is 2.27. The van der Waals surface area contributed by atoms with Gasteiger partial charge in [-0.25, -0.2) is 0 Å². The van der Waals surface area contributed by atoms with Gasteiger partial charge >= 0.3 is 0 Å². The van der Waals surface area contributed by atoms with Crippen LogP contribution in [0.4, 0.5) is 0 Å². The van der Waals surface area contributed by atoms with Gasteiger partial charge in [-0.2, -0.15) is 0 Å². The molecule has 4 nitrogen and oxygen atoms in total. The van der Waals surface area contributed by atoms with Crippen LogP contribution in [0.1, 0.15) is 18.1 Å². The second-order valence-electron chi connectivity index (χ2n) is 5.07. The lowest BCUT2D eigenvalue weighted by atomic mass is 10.1. The highest BCUT2D eigenvalue weighted by atomic mass is 35.5. The van der Waals surface area contributed by atoms with Crippen LogP contribution in [0.25, 0.3) is 0 Å². The second-order valence-corrected chi connectivity index (χ2v) is 5.45. The Bertz CT molecular complexity index is 475. The van der Waals surface area contributed by atoms with E-state index in [2.05, 4.69) is 0 Å². The van der Waals surface area contributed by atoms with Crippen molar-refractivity contribution in [2.45, 2.75) is 26.9 Å². The lowest BCUT2D eigenvalue weighted by Crippen LogP contribution is -2.46. The van der Waals surface area contributed by atoms with Gasteiger partial charge in [-0.3, -0.25) is 4.79 Å². The number of carbonyl (C=O) groups excluding carboxylic acids is 1. The molecule has 2 rings (SSSR count). The Morgan fingerprint density at radius 1 is 1.30 bits per heavy atom. The molecule has 0 saturated carbocycles. The lowest BCUT2D eigenvalue weighted by Gasteiger charge is -2.29. The van der Waals surface area contributed by atoms with Crippen molar-refractivity contribution in [3.05, 3.63) is 28.3 Å². The summed E-state index contributed by atoms with van der Waals surface area (Å²) in [6, 6.07) is 3.72. The number of morpholine rings is 1. The predicted octanol–water partition coefficient (Wildman–Crippen LogP) is 2.58. The number of amides is 1. The first-order valence-corrected chi connectivity index (χ1v) is 7.17. The van der Waals surface area contributed by atoms with Gasteiger partial charge in [-0.05, 0) is 44.0 Å². The third-order valence-electron chi connectivity index (χ3n) is 3.39. The monoisotopic (exact) mass is 297 g/mol. The topological polar surface area (TPSA) is 38.8 Å². The third kappa shape index (κ3) is 3.44.